The van der Waals surface area contributed by atoms with E-state index in [1.54, 1.807) is 6.07 Å². The highest BCUT2D eigenvalue weighted by Crippen LogP contribution is 2.35. The lowest BCUT2D eigenvalue weighted by molar-refractivity contribution is -0.118. The van der Waals surface area contributed by atoms with Gasteiger partial charge in [-0.25, -0.2) is 13.2 Å². The molecular formula is C13H15NO6S. The molecule has 1 N–H and O–H groups in total. The molecule has 1 heterocycles. The minimum absolute atomic E-state index is 0.0203. The summed E-state index contributed by atoms with van der Waals surface area (Å²) in [5, 5.41) is 9.11. The molecule has 114 valence electrons. The Labute approximate surface area is 122 Å². The Morgan fingerprint density at radius 2 is 2.10 bits per heavy atom. The fraction of sp³-hybridized carbons (Fsp3) is 0.385. The number of sulfone groups is 1. The van der Waals surface area contributed by atoms with Gasteiger partial charge in [0.25, 0.3) is 0 Å². The molecule has 0 saturated carbocycles. The lowest BCUT2D eigenvalue weighted by Gasteiger charge is -2.30. The Balaban J connectivity index is 2.28. The summed E-state index contributed by atoms with van der Waals surface area (Å²) in [6.45, 7) is 0.431. The van der Waals surface area contributed by atoms with Crippen molar-refractivity contribution in [2.24, 2.45) is 0 Å². The highest BCUT2D eigenvalue weighted by Gasteiger charge is 2.27. The van der Waals surface area contributed by atoms with Crippen LogP contribution in [0.15, 0.2) is 18.2 Å². The highest BCUT2D eigenvalue weighted by atomic mass is 32.2. The monoisotopic (exact) mass is 313 g/mol. The number of fused-ring (bicyclic) bond motifs is 1. The van der Waals surface area contributed by atoms with Crippen LogP contribution >= 0.6 is 0 Å². The van der Waals surface area contributed by atoms with E-state index in [1.165, 1.54) is 17.0 Å². The van der Waals surface area contributed by atoms with E-state index in [1.807, 2.05) is 0 Å². The van der Waals surface area contributed by atoms with E-state index < -0.39 is 15.8 Å². The first-order valence-corrected chi connectivity index (χ1v) is 8.33. The van der Waals surface area contributed by atoms with Crippen molar-refractivity contribution in [3.63, 3.8) is 0 Å². The molecule has 0 aliphatic carbocycles. The molecule has 1 aliphatic heterocycles. The SMILES string of the molecule is CS(=O)(=O)CCC(=O)N1CCOc2c(C(=O)O)cccc21. The minimum atomic E-state index is -3.23. The number of carbonyl (C=O) groups excluding carboxylic acids is 1. The summed E-state index contributed by atoms with van der Waals surface area (Å²) < 4.78 is 27.6. The molecule has 0 aromatic heterocycles. The fourth-order valence-electron chi connectivity index (χ4n) is 2.08. The second-order valence-corrected chi connectivity index (χ2v) is 6.99. The van der Waals surface area contributed by atoms with Crippen molar-refractivity contribution in [3.05, 3.63) is 23.8 Å². The van der Waals surface area contributed by atoms with Crippen LogP contribution in [0.3, 0.4) is 0 Å². The maximum absolute atomic E-state index is 12.1. The van der Waals surface area contributed by atoms with Gasteiger partial charge in [-0.2, -0.15) is 0 Å². The maximum atomic E-state index is 12.1. The second-order valence-electron chi connectivity index (χ2n) is 4.73. The van der Waals surface area contributed by atoms with E-state index in [-0.39, 0.29) is 42.5 Å². The average molecular weight is 313 g/mol. The van der Waals surface area contributed by atoms with Crippen molar-refractivity contribution in [1.29, 1.82) is 0 Å². The number of para-hydroxylation sites is 1. The molecule has 0 atom stereocenters. The van der Waals surface area contributed by atoms with Crippen molar-refractivity contribution in [2.45, 2.75) is 6.42 Å². The number of benzene rings is 1. The zero-order valence-corrected chi connectivity index (χ0v) is 12.2. The van der Waals surface area contributed by atoms with E-state index in [0.29, 0.717) is 5.69 Å². The Morgan fingerprint density at radius 1 is 1.38 bits per heavy atom. The topological polar surface area (TPSA) is 101 Å². The molecule has 1 aliphatic rings. The third-order valence-corrected chi connectivity index (χ3v) is 4.01. The van der Waals surface area contributed by atoms with Gasteiger partial charge in [-0.3, -0.25) is 4.79 Å². The number of ether oxygens (including phenoxy) is 1. The number of amides is 1. The lowest BCUT2D eigenvalue weighted by Crippen LogP contribution is -2.39. The number of carbonyl (C=O) groups is 2. The van der Waals surface area contributed by atoms with E-state index in [0.717, 1.165) is 6.26 Å². The van der Waals surface area contributed by atoms with E-state index in [2.05, 4.69) is 0 Å². The third kappa shape index (κ3) is 3.52. The second kappa shape index (κ2) is 5.72. The summed E-state index contributed by atoms with van der Waals surface area (Å²) in [4.78, 5) is 24.7. The summed E-state index contributed by atoms with van der Waals surface area (Å²) >= 11 is 0. The summed E-state index contributed by atoms with van der Waals surface area (Å²) in [6.07, 6.45) is 0.922. The lowest BCUT2D eigenvalue weighted by atomic mass is 10.1. The van der Waals surface area contributed by atoms with E-state index >= 15 is 0 Å². The van der Waals surface area contributed by atoms with Gasteiger partial charge in [0.05, 0.1) is 18.0 Å². The molecule has 0 unspecified atom stereocenters. The van der Waals surface area contributed by atoms with Crippen LogP contribution in [0.2, 0.25) is 0 Å². The first kappa shape index (κ1) is 15.3. The summed E-state index contributed by atoms with van der Waals surface area (Å²) in [5.74, 6) is -1.61. The van der Waals surface area contributed by atoms with Crippen LogP contribution in [0.4, 0.5) is 5.69 Å². The van der Waals surface area contributed by atoms with Crippen molar-refractivity contribution >= 4 is 27.4 Å². The molecule has 1 aromatic carbocycles. The van der Waals surface area contributed by atoms with Gasteiger partial charge in [0.15, 0.2) is 5.75 Å². The van der Waals surface area contributed by atoms with Gasteiger partial charge in [0.2, 0.25) is 5.91 Å². The Morgan fingerprint density at radius 3 is 2.71 bits per heavy atom. The molecule has 0 bridgehead atoms. The molecule has 7 nitrogen and oxygen atoms in total. The molecule has 2 rings (SSSR count). The molecule has 21 heavy (non-hydrogen) atoms. The zero-order chi connectivity index (χ0) is 15.6. The van der Waals surface area contributed by atoms with Crippen LogP contribution in [-0.2, 0) is 14.6 Å². The zero-order valence-electron chi connectivity index (χ0n) is 11.4. The first-order valence-electron chi connectivity index (χ1n) is 6.27. The van der Waals surface area contributed by atoms with Crippen LogP contribution in [-0.4, -0.2) is 50.6 Å². The number of hydrogen-bond acceptors (Lipinski definition) is 5. The Kier molecular flexibility index (Phi) is 4.17. The Hall–Kier alpha value is -2.09. The van der Waals surface area contributed by atoms with Crippen LogP contribution in [0.1, 0.15) is 16.8 Å². The molecular weight excluding hydrogens is 298 g/mol. The molecule has 8 heteroatoms. The van der Waals surface area contributed by atoms with Crippen molar-refractivity contribution < 1.29 is 27.9 Å². The molecule has 0 fully saturated rings. The van der Waals surface area contributed by atoms with Gasteiger partial charge in [-0.15, -0.1) is 0 Å². The van der Waals surface area contributed by atoms with Crippen LogP contribution in [0, 0.1) is 0 Å². The predicted octanol–water partition coefficient (Wildman–Crippen LogP) is 0.545. The normalized spacial score (nSPS) is 14.2. The van der Waals surface area contributed by atoms with Gasteiger partial charge < -0.3 is 14.7 Å². The van der Waals surface area contributed by atoms with E-state index in [9.17, 15) is 18.0 Å². The van der Waals surface area contributed by atoms with Gasteiger partial charge in [0, 0.05) is 12.7 Å². The van der Waals surface area contributed by atoms with Gasteiger partial charge in [0.1, 0.15) is 22.0 Å². The number of anilines is 1. The Bertz CT molecular complexity index is 682. The molecule has 1 amide bonds. The van der Waals surface area contributed by atoms with Crippen LogP contribution in [0.25, 0.3) is 0 Å². The molecule has 0 saturated heterocycles. The molecule has 1 aromatic rings. The standard InChI is InChI=1S/C13H15NO6S/c1-21(18,19)8-5-11(15)14-6-7-20-12-9(13(16)17)3-2-4-10(12)14/h2-4H,5-8H2,1H3,(H,16,17). The van der Waals surface area contributed by atoms with Gasteiger partial charge in [-0.1, -0.05) is 6.07 Å². The minimum Gasteiger partial charge on any atom is -0.489 e. The number of hydrogen-bond donors (Lipinski definition) is 1. The van der Waals surface area contributed by atoms with Crippen LogP contribution in [0.5, 0.6) is 5.75 Å². The highest BCUT2D eigenvalue weighted by molar-refractivity contribution is 7.90. The molecule has 0 spiro atoms. The fourth-order valence-corrected chi connectivity index (χ4v) is 2.63. The van der Waals surface area contributed by atoms with Crippen molar-refractivity contribution in [3.8, 4) is 5.75 Å². The van der Waals surface area contributed by atoms with Crippen molar-refractivity contribution in [1.82, 2.24) is 0 Å². The number of aromatic carboxylic acids is 1. The smallest absolute Gasteiger partial charge is 0.339 e. The summed E-state index contributed by atoms with van der Waals surface area (Å²) in [7, 11) is -3.23. The first-order chi connectivity index (χ1) is 9.79. The molecule has 0 radical (unpaired) electrons. The number of rotatable bonds is 4. The number of nitrogens with zero attached hydrogens (tertiary/aromatic N) is 1. The largest absolute Gasteiger partial charge is 0.489 e. The average Bonchev–Trinajstić information content (AvgIpc) is 2.42. The van der Waals surface area contributed by atoms with Gasteiger partial charge in [-0.05, 0) is 12.1 Å². The number of carboxylic acid groups (broad SMARTS) is 1. The van der Waals surface area contributed by atoms with Gasteiger partial charge >= 0.3 is 5.97 Å². The van der Waals surface area contributed by atoms with Crippen molar-refractivity contribution in [2.75, 3.05) is 30.1 Å². The maximum Gasteiger partial charge on any atom is 0.339 e. The quantitative estimate of drug-likeness (QED) is 0.871. The number of carboxylic acids is 1. The van der Waals surface area contributed by atoms with Crippen LogP contribution < -0.4 is 9.64 Å². The summed E-state index contributed by atoms with van der Waals surface area (Å²) in [6, 6.07) is 4.50. The summed E-state index contributed by atoms with van der Waals surface area (Å²) in [5.41, 5.74) is 0.341. The van der Waals surface area contributed by atoms with E-state index in [4.69, 9.17) is 9.84 Å². The third-order valence-electron chi connectivity index (χ3n) is 3.06. The predicted molar refractivity (Wildman–Crippen MR) is 75.6 cm³/mol.